The largest absolute Gasteiger partial charge is 0.508 e. The van der Waals surface area contributed by atoms with Crippen molar-refractivity contribution in [3.63, 3.8) is 0 Å². The van der Waals surface area contributed by atoms with Crippen LogP contribution in [0.1, 0.15) is 37.2 Å². The van der Waals surface area contributed by atoms with Gasteiger partial charge in [-0.3, -0.25) is 10.00 Å². The molecule has 0 saturated heterocycles. The highest BCUT2D eigenvalue weighted by Crippen LogP contribution is 2.32. The lowest BCUT2D eigenvalue weighted by atomic mass is 9.97. The van der Waals surface area contributed by atoms with Gasteiger partial charge in [-0.15, -0.1) is 0 Å². The van der Waals surface area contributed by atoms with Crippen molar-refractivity contribution in [2.45, 2.75) is 39.7 Å². The number of benzene rings is 2. The number of H-pyrrole nitrogens is 2. The number of rotatable bonds is 5. The smallest absolute Gasteiger partial charge is 0.159 e. The van der Waals surface area contributed by atoms with Crippen LogP contribution in [0.2, 0.25) is 0 Å². The Morgan fingerprint density at radius 3 is 2.87 bits per heavy atom. The molecular formula is C24H27N5O. The van der Waals surface area contributed by atoms with Crippen LogP contribution in [0.3, 0.4) is 0 Å². The maximum Gasteiger partial charge on any atom is 0.159 e. The second kappa shape index (κ2) is 7.61. The van der Waals surface area contributed by atoms with Crippen molar-refractivity contribution in [3.05, 3.63) is 53.3 Å². The molecule has 0 spiro atoms. The molecule has 154 valence electrons. The lowest BCUT2D eigenvalue weighted by Gasteiger charge is -2.25. The first-order chi connectivity index (χ1) is 14.7. The Balaban J connectivity index is 1.50. The van der Waals surface area contributed by atoms with Crippen LogP contribution in [-0.2, 0) is 19.4 Å². The number of nitrogens with one attached hydrogen (secondary N) is 2. The van der Waals surface area contributed by atoms with Crippen molar-refractivity contribution in [2.24, 2.45) is 0 Å². The fraction of sp³-hybridized carbons (Fsp3) is 0.333. The number of phenolic OH excluding ortho intramolecular Hbond substituents is 1. The highest BCUT2D eigenvalue weighted by atomic mass is 16.3. The zero-order valence-electron chi connectivity index (χ0n) is 17.5. The first-order valence-electron chi connectivity index (χ1n) is 10.8. The van der Waals surface area contributed by atoms with Gasteiger partial charge in [0.15, 0.2) is 5.82 Å². The molecule has 3 heterocycles. The number of imidazole rings is 1. The fourth-order valence-electron chi connectivity index (χ4n) is 4.49. The van der Waals surface area contributed by atoms with E-state index in [-0.39, 0.29) is 0 Å². The molecule has 0 atom stereocenters. The van der Waals surface area contributed by atoms with Crippen LogP contribution in [0.5, 0.6) is 5.75 Å². The van der Waals surface area contributed by atoms with E-state index in [4.69, 9.17) is 4.98 Å². The number of hydrogen-bond donors (Lipinski definition) is 3. The minimum atomic E-state index is 0.305. The van der Waals surface area contributed by atoms with Gasteiger partial charge >= 0.3 is 0 Å². The summed E-state index contributed by atoms with van der Waals surface area (Å²) >= 11 is 0. The van der Waals surface area contributed by atoms with Gasteiger partial charge in [-0.1, -0.05) is 26.0 Å². The third-order valence-electron chi connectivity index (χ3n) is 6.02. The van der Waals surface area contributed by atoms with Crippen molar-refractivity contribution in [1.82, 2.24) is 25.1 Å². The number of phenols is 1. The van der Waals surface area contributed by atoms with Gasteiger partial charge in [-0.05, 0) is 60.3 Å². The van der Waals surface area contributed by atoms with Gasteiger partial charge in [0, 0.05) is 24.9 Å². The number of nitrogens with zero attached hydrogens (tertiary/aromatic N) is 3. The monoisotopic (exact) mass is 401 g/mol. The maximum atomic E-state index is 9.80. The Bertz CT molecular complexity index is 1210. The highest BCUT2D eigenvalue weighted by molar-refractivity contribution is 5.94. The van der Waals surface area contributed by atoms with Crippen LogP contribution in [0.15, 0.2) is 36.4 Å². The first kappa shape index (κ1) is 18.9. The summed E-state index contributed by atoms with van der Waals surface area (Å²) in [6, 6.07) is 11.9. The lowest BCUT2D eigenvalue weighted by molar-refractivity contribution is 0.250. The molecule has 1 aliphatic heterocycles. The van der Waals surface area contributed by atoms with Gasteiger partial charge in [-0.2, -0.15) is 5.10 Å². The van der Waals surface area contributed by atoms with Crippen LogP contribution in [0.25, 0.3) is 33.5 Å². The molecule has 30 heavy (non-hydrogen) atoms. The molecule has 4 aromatic rings. The second-order valence-electron chi connectivity index (χ2n) is 8.06. The van der Waals surface area contributed by atoms with Crippen molar-refractivity contribution >= 4 is 10.9 Å². The fourth-order valence-corrected chi connectivity index (χ4v) is 4.49. The summed E-state index contributed by atoms with van der Waals surface area (Å²) in [4.78, 5) is 10.9. The van der Waals surface area contributed by atoms with Gasteiger partial charge < -0.3 is 10.1 Å². The molecule has 5 rings (SSSR count). The molecule has 0 unspecified atom stereocenters. The van der Waals surface area contributed by atoms with Gasteiger partial charge in [0.25, 0.3) is 0 Å². The summed E-state index contributed by atoms with van der Waals surface area (Å²) in [6.45, 7) is 7.45. The lowest BCUT2D eigenvalue weighted by Crippen LogP contribution is -2.31. The zero-order chi connectivity index (χ0) is 20.7. The summed E-state index contributed by atoms with van der Waals surface area (Å²) in [7, 11) is 0. The maximum absolute atomic E-state index is 9.80. The standard InChI is InChI=1S/C24H27N5O/c1-3-10-29-11-9-20-22(14-29)26-24(25-20)23-19-7-5-16(13-21(19)27-28-23)18-8-6-17(30)12-15(18)4-2/h5-8,12-13,30H,3-4,9-11,14H2,1-2H3,(H,25,26)(H,27,28). The first-order valence-corrected chi connectivity index (χ1v) is 10.8. The number of aromatic nitrogens is 4. The van der Waals surface area contributed by atoms with Crippen molar-refractivity contribution in [1.29, 1.82) is 0 Å². The topological polar surface area (TPSA) is 80.8 Å². The number of hydrogen-bond acceptors (Lipinski definition) is 4. The highest BCUT2D eigenvalue weighted by Gasteiger charge is 2.22. The molecule has 0 saturated carbocycles. The van der Waals surface area contributed by atoms with Crippen molar-refractivity contribution < 1.29 is 5.11 Å². The minimum Gasteiger partial charge on any atom is -0.508 e. The van der Waals surface area contributed by atoms with Gasteiger partial charge in [0.05, 0.1) is 16.9 Å². The number of fused-ring (bicyclic) bond motifs is 2. The molecular weight excluding hydrogens is 374 g/mol. The summed E-state index contributed by atoms with van der Waals surface area (Å²) in [5, 5.41) is 18.6. The van der Waals surface area contributed by atoms with E-state index in [1.807, 2.05) is 12.1 Å². The average Bonchev–Trinajstić information content (AvgIpc) is 3.36. The molecule has 0 radical (unpaired) electrons. The Labute approximate surface area is 176 Å². The molecule has 0 aliphatic carbocycles. The normalized spacial score (nSPS) is 14.3. The van der Waals surface area contributed by atoms with E-state index in [2.05, 4.69) is 52.1 Å². The zero-order valence-corrected chi connectivity index (χ0v) is 17.5. The molecule has 3 N–H and O–H groups in total. The molecule has 6 heteroatoms. The average molecular weight is 402 g/mol. The van der Waals surface area contributed by atoms with E-state index in [9.17, 15) is 5.11 Å². The summed E-state index contributed by atoms with van der Waals surface area (Å²) in [5.41, 5.74) is 7.62. The Morgan fingerprint density at radius 1 is 1.13 bits per heavy atom. The van der Waals surface area contributed by atoms with Gasteiger partial charge in [0.1, 0.15) is 11.4 Å². The molecule has 2 aromatic heterocycles. The third kappa shape index (κ3) is 3.27. The van der Waals surface area contributed by atoms with Crippen LogP contribution in [-0.4, -0.2) is 43.3 Å². The summed E-state index contributed by atoms with van der Waals surface area (Å²) in [5.74, 6) is 1.15. The predicted octanol–water partition coefficient (Wildman–Crippen LogP) is 4.66. The van der Waals surface area contributed by atoms with Crippen molar-refractivity contribution in [2.75, 3.05) is 13.1 Å². The van der Waals surface area contributed by atoms with Gasteiger partial charge in [0.2, 0.25) is 0 Å². The van der Waals surface area contributed by atoms with Crippen LogP contribution >= 0.6 is 0 Å². The number of aryl methyl sites for hydroxylation is 1. The van der Waals surface area contributed by atoms with E-state index < -0.39 is 0 Å². The molecule has 2 aromatic carbocycles. The van der Waals surface area contributed by atoms with E-state index in [0.717, 1.165) is 71.6 Å². The molecule has 6 nitrogen and oxygen atoms in total. The van der Waals surface area contributed by atoms with Crippen molar-refractivity contribution in [3.8, 4) is 28.4 Å². The van der Waals surface area contributed by atoms with Crippen LogP contribution in [0, 0.1) is 0 Å². The Kier molecular flexibility index (Phi) is 4.79. The minimum absolute atomic E-state index is 0.305. The Morgan fingerprint density at radius 2 is 2.03 bits per heavy atom. The predicted molar refractivity (Wildman–Crippen MR) is 119 cm³/mol. The van der Waals surface area contributed by atoms with Crippen LogP contribution < -0.4 is 0 Å². The second-order valence-corrected chi connectivity index (χ2v) is 8.06. The number of aromatic amines is 2. The quantitative estimate of drug-likeness (QED) is 0.454. The molecule has 0 amide bonds. The van der Waals surface area contributed by atoms with E-state index in [1.54, 1.807) is 6.07 Å². The summed E-state index contributed by atoms with van der Waals surface area (Å²) in [6.07, 6.45) is 3.02. The molecule has 0 fully saturated rings. The molecule has 0 bridgehead atoms. The SMILES string of the molecule is CCCN1CCc2nc(-c3n[nH]c4cc(-c5ccc(O)cc5CC)ccc34)[nH]c2C1. The third-order valence-corrected chi connectivity index (χ3v) is 6.02. The summed E-state index contributed by atoms with van der Waals surface area (Å²) < 4.78 is 0. The van der Waals surface area contributed by atoms with E-state index in [1.165, 1.54) is 17.8 Å². The van der Waals surface area contributed by atoms with E-state index >= 15 is 0 Å². The number of aromatic hydroxyl groups is 1. The Hall–Kier alpha value is -3.12. The van der Waals surface area contributed by atoms with Crippen LogP contribution in [0.4, 0.5) is 0 Å². The van der Waals surface area contributed by atoms with E-state index in [0.29, 0.717) is 5.75 Å². The van der Waals surface area contributed by atoms with Gasteiger partial charge in [-0.25, -0.2) is 4.98 Å². The molecule has 1 aliphatic rings.